The third-order valence-electron chi connectivity index (χ3n) is 3.50. The maximum atomic E-state index is 8.91. The summed E-state index contributed by atoms with van der Waals surface area (Å²) >= 11 is 0. The second kappa shape index (κ2) is 7.71. The average molecular weight is 269 g/mol. The minimum Gasteiger partial charge on any atom is -0.396 e. The summed E-state index contributed by atoms with van der Waals surface area (Å²) in [6.45, 7) is 2.44. The van der Waals surface area contributed by atoms with E-state index >= 15 is 0 Å². The van der Waals surface area contributed by atoms with Crippen LogP contribution in [0.5, 0.6) is 0 Å². The van der Waals surface area contributed by atoms with Crippen LogP contribution in [-0.4, -0.2) is 11.7 Å². The highest BCUT2D eigenvalue weighted by Crippen LogP contribution is 2.23. The maximum Gasteiger partial charge on any atom is 0.0511 e. The predicted octanol–water partition coefficient (Wildman–Crippen LogP) is 4.17. The van der Waals surface area contributed by atoms with Gasteiger partial charge in [-0.05, 0) is 42.5 Å². The van der Waals surface area contributed by atoms with Crippen molar-refractivity contribution in [1.82, 2.24) is 0 Å². The van der Waals surface area contributed by atoms with Crippen molar-refractivity contribution in [1.29, 1.82) is 0 Å². The zero-order chi connectivity index (χ0) is 14.2. The minimum absolute atomic E-state index is 0.249. The Labute approximate surface area is 121 Å². The Morgan fingerprint density at radius 2 is 1.85 bits per heavy atom. The summed E-state index contributed by atoms with van der Waals surface area (Å²) in [5.74, 6) is 0. The molecule has 0 aromatic heterocycles. The lowest BCUT2D eigenvalue weighted by molar-refractivity contribution is 0.288. The standard InChI is InChI=1S/C18H23NO/c1-2-18(16-10-4-3-5-11-16)19-17-12-6-8-15(14-17)9-7-13-20/h3-6,8,10-12,14,18-20H,2,7,9,13H2,1H3. The zero-order valence-corrected chi connectivity index (χ0v) is 12.0. The van der Waals surface area contributed by atoms with Gasteiger partial charge in [0, 0.05) is 12.3 Å². The lowest BCUT2D eigenvalue weighted by atomic mass is 10.0. The van der Waals surface area contributed by atoms with Crippen molar-refractivity contribution in [2.45, 2.75) is 32.2 Å². The summed E-state index contributed by atoms with van der Waals surface area (Å²) in [6, 6.07) is 19.4. The van der Waals surface area contributed by atoms with Crippen molar-refractivity contribution in [3.05, 3.63) is 65.7 Å². The van der Waals surface area contributed by atoms with E-state index in [2.05, 4.69) is 60.8 Å². The molecule has 0 fully saturated rings. The molecule has 2 N–H and O–H groups in total. The van der Waals surface area contributed by atoms with Gasteiger partial charge in [0.05, 0.1) is 6.04 Å². The van der Waals surface area contributed by atoms with Gasteiger partial charge in [-0.15, -0.1) is 0 Å². The smallest absolute Gasteiger partial charge is 0.0511 e. The molecule has 1 atom stereocenters. The second-order valence-corrected chi connectivity index (χ2v) is 5.04. The molecule has 0 heterocycles. The lowest BCUT2D eigenvalue weighted by Gasteiger charge is -2.19. The van der Waals surface area contributed by atoms with Crippen LogP contribution in [0.4, 0.5) is 5.69 Å². The van der Waals surface area contributed by atoms with Crippen molar-refractivity contribution < 1.29 is 5.11 Å². The summed E-state index contributed by atoms with van der Waals surface area (Å²) in [7, 11) is 0. The van der Waals surface area contributed by atoms with Crippen molar-refractivity contribution in [3.63, 3.8) is 0 Å². The summed E-state index contributed by atoms with van der Waals surface area (Å²) < 4.78 is 0. The first-order chi connectivity index (χ1) is 9.83. The van der Waals surface area contributed by atoms with E-state index in [9.17, 15) is 0 Å². The summed E-state index contributed by atoms with van der Waals surface area (Å²) in [5.41, 5.74) is 3.74. The van der Waals surface area contributed by atoms with Crippen LogP contribution < -0.4 is 5.32 Å². The van der Waals surface area contributed by atoms with E-state index in [0.29, 0.717) is 6.04 Å². The highest BCUT2D eigenvalue weighted by Gasteiger charge is 2.08. The highest BCUT2D eigenvalue weighted by atomic mass is 16.2. The van der Waals surface area contributed by atoms with Crippen LogP contribution in [0.1, 0.15) is 36.9 Å². The SMILES string of the molecule is CCC(Nc1cccc(CCCO)c1)c1ccccc1. The van der Waals surface area contributed by atoms with Gasteiger partial charge in [-0.25, -0.2) is 0 Å². The number of aryl methyl sites for hydroxylation is 1. The molecular weight excluding hydrogens is 246 g/mol. The molecule has 0 amide bonds. The fraction of sp³-hybridized carbons (Fsp3) is 0.333. The first kappa shape index (κ1) is 14.6. The zero-order valence-electron chi connectivity index (χ0n) is 12.0. The van der Waals surface area contributed by atoms with E-state index < -0.39 is 0 Å². The number of aliphatic hydroxyl groups excluding tert-OH is 1. The molecule has 2 heteroatoms. The minimum atomic E-state index is 0.249. The number of hydrogen-bond donors (Lipinski definition) is 2. The molecule has 0 spiro atoms. The Bertz CT molecular complexity index is 510. The summed E-state index contributed by atoms with van der Waals surface area (Å²) in [4.78, 5) is 0. The molecule has 2 aromatic carbocycles. The van der Waals surface area contributed by atoms with E-state index in [4.69, 9.17) is 5.11 Å². The molecule has 0 aliphatic carbocycles. The van der Waals surface area contributed by atoms with Crippen molar-refractivity contribution in [2.24, 2.45) is 0 Å². The molecular formula is C18H23NO. The van der Waals surface area contributed by atoms with Crippen LogP contribution in [0.15, 0.2) is 54.6 Å². The van der Waals surface area contributed by atoms with Crippen LogP contribution in [0.3, 0.4) is 0 Å². The molecule has 0 radical (unpaired) electrons. The molecule has 0 aliphatic rings. The van der Waals surface area contributed by atoms with E-state index in [1.54, 1.807) is 0 Å². The van der Waals surface area contributed by atoms with Gasteiger partial charge in [-0.3, -0.25) is 0 Å². The molecule has 0 saturated heterocycles. The molecule has 106 valence electrons. The van der Waals surface area contributed by atoms with E-state index in [-0.39, 0.29) is 6.61 Å². The topological polar surface area (TPSA) is 32.3 Å². The number of rotatable bonds is 7. The molecule has 0 aliphatic heterocycles. The van der Waals surface area contributed by atoms with Crippen LogP contribution in [0, 0.1) is 0 Å². The van der Waals surface area contributed by atoms with Gasteiger partial charge >= 0.3 is 0 Å². The highest BCUT2D eigenvalue weighted by molar-refractivity contribution is 5.48. The first-order valence-electron chi connectivity index (χ1n) is 7.34. The summed E-state index contributed by atoms with van der Waals surface area (Å²) in [6.07, 6.45) is 2.79. The van der Waals surface area contributed by atoms with Gasteiger partial charge in [0.25, 0.3) is 0 Å². The number of anilines is 1. The van der Waals surface area contributed by atoms with Gasteiger partial charge < -0.3 is 10.4 Å². The van der Waals surface area contributed by atoms with Crippen molar-refractivity contribution in [2.75, 3.05) is 11.9 Å². The predicted molar refractivity (Wildman–Crippen MR) is 84.9 cm³/mol. The Kier molecular flexibility index (Phi) is 5.63. The fourth-order valence-electron chi connectivity index (χ4n) is 2.41. The van der Waals surface area contributed by atoms with Crippen molar-refractivity contribution >= 4 is 5.69 Å². The Morgan fingerprint density at radius 1 is 1.05 bits per heavy atom. The molecule has 2 nitrogen and oxygen atoms in total. The monoisotopic (exact) mass is 269 g/mol. The van der Waals surface area contributed by atoms with Crippen LogP contribution in [0.2, 0.25) is 0 Å². The molecule has 2 aromatic rings. The van der Waals surface area contributed by atoms with E-state index in [1.807, 2.05) is 6.07 Å². The maximum absolute atomic E-state index is 8.91. The largest absolute Gasteiger partial charge is 0.396 e. The molecule has 0 saturated carbocycles. The molecule has 0 bridgehead atoms. The molecule has 2 rings (SSSR count). The van der Waals surface area contributed by atoms with Gasteiger partial charge in [0.1, 0.15) is 0 Å². The second-order valence-electron chi connectivity index (χ2n) is 5.04. The van der Waals surface area contributed by atoms with Crippen LogP contribution in [-0.2, 0) is 6.42 Å². The third kappa shape index (κ3) is 4.10. The van der Waals surface area contributed by atoms with Gasteiger partial charge in [0.2, 0.25) is 0 Å². The van der Waals surface area contributed by atoms with Crippen LogP contribution >= 0.6 is 0 Å². The fourth-order valence-corrected chi connectivity index (χ4v) is 2.41. The third-order valence-corrected chi connectivity index (χ3v) is 3.50. The average Bonchev–Trinajstić information content (AvgIpc) is 2.52. The Balaban J connectivity index is 2.07. The number of hydrogen-bond acceptors (Lipinski definition) is 2. The molecule has 1 unspecified atom stereocenters. The lowest BCUT2D eigenvalue weighted by Crippen LogP contribution is -2.09. The normalized spacial score (nSPS) is 12.1. The number of nitrogens with one attached hydrogen (secondary N) is 1. The number of aliphatic hydroxyl groups is 1. The number of benzene rings is 2. The van der Waals surface area contributed by atoms with Crippen LogP contribution in [0.25, 0.3) is 0 Å². The quantitative estimate of drug-likeness (QED) is 0.790. The first-order valence-corrected chi connectivity index (χ1v) is 7.34. The van der Waals surface area contributed by atoms with Gasteiger partial charge in [-0.2, -0.15) is 0 Å². The van der Waals surface area contributed by atoms with E-state index in [0.717, 1.165) is 24.9 Å². The van der Waals surface area contributed by atoms with Gasteiger partial charge in [0.15, 0.2) is 0 Å². The van der Waals surface area contributed by atoms with Crippen molar-refractivity contribution in [3.8, 4) is 0 Å². The van der Waals surface area contributed by atoms with E-state index in [1.165, 1.54) is 11.1 Å². The summed E-state index contributed by atoms with van der Waals surface area (Å²) in [5, 5.41) is 12.5. The Hall–Kier alpha value is -1.80. The van der Waals surface area contributed by atoms with Gasteiger partial charge in [-0.1, -0.05) is 49.4 Å². The molecule has 20 heavy (non-hydrogen) atoms. The Morgan fingerprint density at radius 3 is 2.55 bits per heavy atom.